The van der Waals surface area contributed by atoms with Crippen LogP contribution in [0.1, 0.15) is 54.9 Å². The number of benzene rings is 1. The first-order valence-electron chi connectivity index (χ1n) is 8.11. The van der Waals surface area contributed by atoms with Gasteiger partial charge in [-0.2, -0.15) is 0 Å². The van der Waals surface area contributed by atoms with Crippen molar-refractivity contribution in [2.24, 2.45) is 10.7 Å². The molecule has 0 saturated heterocycles. The van der Waals surface area contributed by atoms with Gasteiger partial charge in [-0.05, 0) is 57.2 Å². The highest BCUT2D eigenvalue weighted by molar-refractivity contribution is 5.82. The number of guanidine groups is 1. The van der Waals surface area contributed by atoms with Gasteiger partial charge in [0.25, 0.3) is 0 Å². The van der Waals surface area contributed by atoms with E-state index in [1.165, 1.54) is 47.9 Å². The summed E-state index contributed by atoms with van der Waals surface area (Å²) in [4.78, 5) is 7.04. The third-order valence-corrected chi connectivity index (χ3v) is 5.23. The first kappa shape index (κ1) is 14.4. The van der Waals surface area contributed by atoms with Crippen LogP contribution in [0.15, 0.2) is 17.1 Å². The van der Waals surface area contributed by atoms with Crippen molar-refractivity contribution in [1.82, 2.24) is 4.90 Å². The lowest BCUT2D eigenvalue weighted by molar-refractivity contribution is 0.165. The molecule has 0 spiro atoms. The highest BCUT2D eigenvalue weighted by atomic mass is 15.4. The van der Waals surface area contributed by atoms with Crippen LogP contribution in [0.2, 0.25) is 0 Å². The Morgan fingerprint density at radius 1 is 1.14 bits per heavy atom. The van der Waals surface area contributed by atoms with Gasteiger partial charge in [-0.25, -0.2) is 0 Å². The topological polar surface area (TPSA) is 41.6 Å². The summed E-state index contributed by atoms with van der Waals surface area (Å²) in [5, 5.41) is 0. The van der Waals surface area contributed by atoms with Crippen molar-refractivity contribution >= 4 is 5.96 Å². The second kappa shape index (κ2) is 5.04. The van der Waals surface area contributed by atoms with Gasteiger partial charge >= 0.3 is 0 Å². The number of aryl methyl sites for hydroxylation is 3. The lowest BCUT2D eigenvalue weighted by atomic mass is 9.82. The number of aliphatic imine (C=N–C) groups is 1. The summed E-state index contributed by atoms with van der Waals surface area (Å²) >= 11 is 0. The Morgan fingerprint density at radius 2 is 1.71 bits per heavy atom. The Kier molecular flexibility index (Phi) is 3.46. The van der Waals surface area contributed by atoms with Gasteiger partial charge in [0, 0.05) is 6.04 Å². The van der Waals surface area contributed by atoms with Gasteiger partial charge in [0.2, 0.25) is 0 Å². The summed E-state index contributed by atoms with van der Waals surface area (Å²) in [7, 11) is 0. The van der Waals surface area contributed by atoms with Gasteiger partial charge < -0.3 is 10.6 Å². The Labute approximate surface area is 128 Å². The van der Waals surface area contributed by atoms with E-state index in [0.29, 0.717) is 6.04 Å². The second-order valence-corrected chi connectivity index (χ2v) is 7.03. The highest BCUT2D eigenvalue weighted by Gasteiger charge is 2.45. The standard InChI is InChI=1S/C18H27N3/c1-12-9-13(2)16(14(3)10-12)18(4)11-20-17(19)21(18)15-7-5-6-8-15/h9-10,15H,5-8,11H2,1-4H3,(H2,19,20). The maximum Gasteiger partial charge on any atom is 0.192 e. The third kappa shape index (κ3) is 2.23. The SMILES string of the molecule is Cc1cc(C)c(C2(C)CN=C(N)N2C2CCCC2)c(C)c1. The lowest BCUT2D eigenvalue weighted by Crippen LogP contribution is -2.52. The van der Waals surface area contributed by atoms with E-state index in [1.807, 2.05) is 0 Å². The average molecular weight is 285 g/mol. The first-order chi connectivity index (χ1) is 9.93. The summed E-state index contributed by atoms with van der Waals surface area (Å²) in [6.45, 7) is 9.71. The summed E-state index contributed by atoms with van der Waals surface area (Å²) in [5.74, 6) is 0.740. The molecule has 1 aliphatic carbocycles. The zero-order valence-corrected chi connectivity index (χ0v) is 13.7. The van der Waals surface area contributed by atoms with Crippen molar-refractivity contribution < 1.29 is 0 Å². The monoisotopic (exact) mass is 285 g/mol. The predicted octanol–water partition coefficient (Wildman–Crippen LogP) is 3.40. The average Bonchev–Trinajstić information content (AvgIpc) is 2.97. The summed E-state index contributed by atoms with van der Waals surface area (Å²) < 4.78 is 0. The quantitative estimate of drug-likeness (QED) is 0.905. The van der Waals surface area contributed by atoms with Crippen LogP contribution in [0.25, 0.3) is 0 Å². The number of rotatable bonds is 2. The van der Waals surface area contributed by atoms with E-state index in [0.717, 1.165) is 12.5 Å². The van der Waals surface area contributed by atoms with Crippen LogP contribution in [0.3, 0.4) is 0 Å². The molecule has 3 heteroatoms. The Bertz CT molecular complexity index is 561. The molecule has 3 nitrogen and oxygen atoms in total. The molecule has 0 radical (unpaired) electrons. The molecule has 1 aromatic carbocycles. The van der Waals surface area contributed by atoms with E-state index < -0.39 is 0 Å². The predicted molar refractivity (Wildman–Crippen MR) is 88.6 cm³/mol. The number of hydrogen-bond donors (Lipinski definition) is 1. The molecule has 1 aromatic rings. The van der Waals surface area contributed by atoms with Gasteiger partial charge in [0.05, 0.1) is 12.1 Å². The summed E-state index contributed by atoms with van der Waals surface area (Å²) in [6, 6.07) is 5.13. The van der Waals surface area contributed by atoms with Crippen LogP contribution >= 0.6 is 0 Å². The third-order valence-electron chi connectivity index (χ3n) is 5.23. The minimum atomic E-state index is -0.0824. The minimum Gasteiger partial charge on any atom is -0.370 e. The van der Waals surface area contributed by atoms with Crippen molar-refractivity contribution in [1.29, 1.82) is 0 Å². The molecule has 2 N–H and O–H groups in total. The zero-order valence-electron chi connectivity index (χ0n) is 13.7. The fourth-order valence-corrected chi connectivity index (χ4v) is 4.62. The van der Waals surface area contributed by atoms with Crippen LogP contribution < -0.4 is 5.73 Å². The van der Waals surface area contributed by atoms with Crippen molar-refractivity contribution in [2.75, 3.05) is 6.54 Å². The molecule has 1 atom stereocenters. The Balaban J connectivity index is 2.07. The number of nitrogens with two attached hydrogens (primary N) is 1. The van der Waals surface area contributed by atoms with Gasteiger partial charge in [0.1, 0.15) is 0 Å². The number of hydrogen-bond acceptors (Lipinski definition) is 3. The fraction of sp³-hybridized carbons (Fsp3) is 0.611. The van der Waals surface area contributed by atoms with Crippen LogP contribution in [-0.2, 0) is 5.54 Å². The minimum absolute atomic E-state index is 0.0824. The van der Waals surface area contributed by atoms with Gasteiger partial charge in [-0.15, -0.1) is 0 Å². The lowest BCUT2D eigenvalue weighted by Gasteiger charge is -2.42. The molecule has 1 heterocycles. The smallest absolute Gasteiger partial charge is 0.192 e. The summed E-state index contributed by atoms with van der Waals surface area (Å²) in [6.07, 6.45) is 5.12. The maximum absolute atomic E-state index is 6.28. The maximum atomic E-state index is 6.28. The highest BCUT2D eigenvalue weighted by Crippen LogP contribution is 2.41. The van der Waals surface area contributed by atoms with E-state index in [2.05, 4.69) is 49.7 Å². The van der Waals surface area contributed by atoms with Crippen molar-refractivity contribution in [3.63, 3.8) is 0 Å². The summed E-state index contributed by atoms with van der Waals surface area (Å²) in [5.41, 5.74) is 11.7. The molecule has 2 aliphatic rings. The Morgan fingerprint density at radius 3 is 2.29 bits per heavy atom. The molecule has 21 heavy (non-hydrogen) atoms. The van der Waals surface area contributed by atoms with Crippen molar-refractivity contribution in [3.05, 3.63) is 34.4 Å². The molecule has 1 aliphatic heterocycles. The normalized spacial score (nSPS) is 26.5. The molecule has 1 fully saturated rings. The molecule has 3 rings (SSSR count). The van der Waals surface area contributed by atoms with Gasteiger partial charge in [-0.3, -0.25) is 4.99 Å². The molecular weight excluding hydrogens is 258 g/mol. The van der Waals surface area contributed by atoms with Crippen LogP contribution in [0.4, 0.5) is 0 Å². The molecule has 0 bridgehead atoms. The largest absolute Gasteiger partial charge is 0.370 e. The number of nitrogens with zero attached hydrogens (tertiary/aromatic N) is 2. The molecule has 1 unspecified atom stereocenters. The van der Waals surface area contributed by atoms with E-state index in [-0.39, 0.29) is 5.54 Å². The van der Waals surface area contributed by atoms with Gasteiger partial charge in [0.15, 0.2) is 5.96 Å². The molecule has 0 aromatic heterocycles. The van der Waals surface area contributed by atoms with Crippen LogP contribution in [0, 0.1) is 20.8 Å². The van der Waals surface area contributed by atoms with Crippen LogP contribution in [-0.4, -0.2) is 23.4 Å². The molecule has 0 amide bonds. The fourth-order valence-electron chi connectivity index (χ4n) is 4.62. The Hall–Kier alpha value is -1.51. The van der Waals surface area contributed by atoms with Crippen molar-refractivity contribution in [2.45, 2.75) is 65.0 Å². The van der Waals surface area contributed by atoms with Gasteiger partial charge in [-0.1, -0.05) is 30.5 Å². The molecule has 1 saturated carbocycles. The van der Waals surface area contributed by atoms with E-state index in [1.54, 1.807) is 0 Å². The first-order valence-corrected chi connectivity index (χ1v) is 8.11. The van der Waals surface area contributed by atoms with E-state index in [9.17, 15) is 0 Å². The van der Waals surface area contributed by atoms with Crippen molar-refractivity contribution in [3.8, 4) is 0 Å². The second-order valence-electron chi connectivity index (χ2n) is 7.03. The van der Waals surface area contributed by atoms with Crippen LogP contribution in [0.5, 0.6) is 0 Å². The zero-order chi connectivity index (χ0) is 15.2. The molecular formula is C18H27N3. The molecule has 114 valence electrons. The van der Waals surface area contributed by atoms with E-state index >= 15 is 0 Å². The van der Waals surface area contributed by atoms with E-state index in [4.69, 9.17) is 5.73 Å².